The molecule has 2 N–H and O–H groups in total. The largest absolute Gasteiger partial charge is 0.478 e. The maximum atomic E-state index is 10.2. The highest BCUT2D eigenvalue weighted by atomic mass is 16.4. The Kier molecular flexibility index (Phi) is 38.9. The minimum Gasteiger partial charge on any atom is -0.478 e. The maximum Gasteiger partial charge on any atom is 0.328 e. The number of carboxylic acid groups (broad SMARTS) is 2. The number of carbonyl (C=O) groups is 2. The molecule has 4 heteroatoms. The van der Waals surface area contributed by atoms with Gasteiger partial charge in [0.25, 0.3) is 0 Å². The standard InChI is InChI=1S/2C20H32O2/c2*1-2-3-4-5-6-7-8-9-10-11-12-13-14-15-16-17-18-19-20(21)22/h2*12-19H,2-11H2,1H3,(H,21,22). The van der Waals surface area contributed by atoms with Crippen LogP contribution in [-0.4, -0.2) is 22.2 Å². The Bertz CT molecular complexity index is 796. The van der Waals surface area contributed by atoms with Crippen molar-refractivity contribution in [3.8, 4) is 0 Å². The predicted molar refractivity (Wildman–Crippen MR) is 192 cm³/mol. The molecule has 0 aromatic rings. The highest BCUT2D eigenvalue weighted by molar-refractivity contribution is 5.80. The molecule has 0 aliphatic heterocycles. The molecule has 0 aromatic carbocycles. The number of allylic oxidation sites excluding steroid dienone is 14. The fourth-order valence-electron chi connectivity index (χ4n) is 4.28. The summed E-state index contributed by atoms with van der Waals surface area (Å²) in [5.41, 5.74) is 0. The number of hydrogen-bond donors (Lipinski definition) is 2. The summed E-state index contributed by atoms with van der Waals surface area (Å²) in [7, 11) is 0. The molecule has 0 bridgehead atoms. The normalized spacial score (nSPS) is 12.4. The Morgan fingerprint density at radius 2 is 0.614 bits per heavy atom. The molecule has 248 valence electrons. The van der Waals surface area contributed by atoms with E-state index < -0.39 is 11.9 Å². The third kappa shape index (κ3) is 45.8. The SMILES string of the molecule is CCCCCCCCCCCC=CC=CC=CC=CC(=O)O.CCCCCCCCCCCC=CC=CC=CC=CC(=O)O. The van der Waals surface area contributed by atoms with Crippen molar-refractivity contribution < 1.29 is 19.8 Å². The Balaban J connectivity index is 0. The molecule has 0 rings (SSSR count). The van der Waals surface area contributed by atoms with Gasteiger partial charge in [0.2, 0.25) is 0 Å². The molecule has 0 aromatic heterocycles. The minimum absolute atomic E-state index is 0.922. The van der Waals surface area contributed by atoms with E-state index in [0.717, 1.165) is 25.0 Å². The van der Waals surface area contributed by atoms with Crippen molar-refractivity contribution in [1.82, 2.24) is 0 Å². The summed E-state index contributed by atoms with van der Waals surface area (Å²) in [5.74, 6) is -1.84. The number of hydrogen-bond acceptors (Lipinski definition) is 2. The summed E-state index contributed by atoms with van der Waals surface area (Å²) >= 11 is 0. The van der Waals surface area contributed by atoms with Gasteiger partial charge in [-0.3, -0.25) is 0 Å². The average molecular weight is 609 g/mol. The van der Waals surface area contributed by atoms with Gasteiger partial charge in [0, 0.05) is 12.2 Å². The van der Waals surface area contributed by atoms with Gasteiger partial charge in [-0.2, -0.15) is 0 Å². The first-order chi connectivity index (χ1) is 21.5. The van der Waals surface area contributed by atoms with Crippen molar-refractivity contribution >= 4 is 11.9 Å². The Labute approximate surface area is 270 Å². The van der Waals surface area contributed by atoms with Crippen LogP contribution in [0.4, 0.5) is 0 Å². The first kappa shape index (κ1) is 43.0. The van der Waals surface area contributed by atoms with Gasteiger partial charge in [-0.15, -0.1) is 0 Å². The lowest BCUT2D eigenvalue weighted by Crippen LogP contribution is -1.84. The van der Waals surface area contributed by atoms with Gasteiger partial charge in [0.05, 0.1) is 0 Å². The van der Waals surface area contributed by atoms with E-state index in [2.05, 4.69) is 38.2 Å². The van der Waals surface area contributed by atoms with E-state index in [1.165, 1.54) is 128 Å². The van der Waals surface area contributed by atoms with Crippen LogP contribution in [0.5, 0.6) is 0 Å². The van der Waals surface area contributed by atoms with Crippen molar-refractivity contribution in [2.75, 3.05) is 0 Å². The van der Waals surface area contributed by atoms with Crippen LogP contribution in [0.25, 0.3) is 0 Å². The second kappa shape index (κ2) is 39.9. The summed E-state index contributed by atoms with van der Waals surface area (Å²) in [6, 6.07) is 0. The van der Waals surface area contributed by atoms with E-state index in [0.29, 0.717) is 0 Å². The van der Waals surface area contributed by atoms with E-state index in [1.807, 2.05) is 36.5 Å². The first-order valence-electron chi connectivity index (χ1n) is 17.3. The third-order valence-electron chi connectivity index (χ3n) is 6.81. The van der Waals surface area contributed by atoms with Crippen LogP contribution in [0.1, 0.15) is 142 Å². The lowest BCUT2D eigenvalue weighted by molar-refractivity contribution is -0.132. The fourth-order valence-corrected chi connectivity index (χ4v) is 4.28. The van der Waals surface area contributed by atoms with E-state index in [-0.39, 0.29) is 0 Å². The van der Waals surface area contributed by atoms with E-state index >= 15 is 0 Å². The molecular formula is C40H64O4. The van der Waals surface area contributed by atoms with Crippen molar-refractivity contribution in [3.05, 3.63) is 97.2 Å². The molecule has 0 aliphatic rings. The molecule has 0 atom stereocenters. The maximum absolute atomic E-state index is 10.2. The molecule has 44 heavy (non-hydrogen) atoms. The molecule has 0 saturated heterocycles. The number of aliphatic carboxylic acids is 2. The van der Waals surface area contributed by atoms with Crippen LogP contribution in [0.2, 0.25) is 0 Å². The van der Waals surface area contributed by atoms with Crippen LogP contribution < -0.4 is 0 Å². The average Bonchev–Trinajstić information content (AvgIpc) is 3.00. The van der Waals surface area contributed by atoms with Gasteiger partial charge in [0.1, 0.15) is 0 Å². The van der Waals surface area contributed by atoms with Crippen LogP contribution >= 0.6 is 0 Å². The molecule has 0 saturated carbocycles. The van der Waals surface area contributed by atoms with Gasteiger partial charge < -0.3 is 10.2 Å². The number of carboxylic acids is 2. The lowest BCUT2D eigenvalue weighted by atomic mass is 10.1. The van der Waals surface area contributed by atoms with Crippen LogP contribution in [0, 0.1) is 0 Å². The predicted octanol–water partition coefficient (Wildman–Crippen LogP) is 12.4. The molecule has 0 spiro atoms. The highest BCUT2D eigenvalue weighted by Crippen LogP contribution is 2.11. The monoisotopic (exact) mass is 608 g/mol. The molecule has 0 aliphatic carbocycles. The van der Waals surface area contributed by atoms with Crippen molar-refractivity contribution in [2.45, 2.75) is 142 Å². The van der Waals surface area contributed by atoms with Gasteiger partial charge in [0.15, 0.2) is 0 Å². The van der Waals surface area contributed by atoms with Crippen LogP contribution in [-0.2, 0) is 9.59 Å². The Morgan fingerprint density at radius 1 is 0.364 bits per heavy atom. The zero-order chi connectivity index (χ0) is 32.6. The van der Waals surface area contributed by atoms with Gasteiger partial charge in [-0.25, -0.2) is 9.59 Å². The summed E-state index contributed by atoms with van der Waals surface area (Å²) in [5, 5.41) is 16.8. The van der Waals surface area contributed by atoms with Gasteiger partial charge in [-0.05, 0) is 25.7 Å². The van der Waals surface area contributed by atoms with Crippen LogP contribution in [0.15, 0.2) is 97.2 Å². The highest BCUT2D eigenvalue weighted by Gasteiger charge is 1.92. The number of unbranched alkanes of at least 4 members (excludes halogenated alkanes) is 18. The van der Waals surface area contributed by atoms with Crippen molar-refractivity contribution in [2.24, 2.45) is 0 Å². The minimum atomic E-state index is -0.922. The molecule has 0 heterocycles. The molecule has 0 unspecified atom stereocenters. The lowest BCUT2D eigenvalue weighted by Gasteiger charge is -2.00. The van der Waals surface area contributed by atoms with E-state index in [1.54, 1.807) is 12.2 Å². The van der Waals surface area contributed by atoms with E-state index in [9.17, 15) is 9.59 Å². The summed E-state index contributed by atoms with van der Waals surface area (Å²) < 4.78 is 0. The third-order valence-corrected chi connectivity index (χ3v) is 6.81. The van der Waals surface area contributed by atoms with Gasteiger partial charge in [-0.1, -0.05) is 202 Å². The summed E-state index contributed by atoms with van der Waals surface area (Å²) in [6.07, 6.45) is 55.5. The van der Waals surface area contributed by atoms with Crippen molar-refractivity contribution in [1.29, 1.82) is 0 Å². The first-order valence-corrected chi connectivity index (χ1v) is 17.3. The second-order valence-corrected chi connectivity index (χ2v) is 11.0. The number of rotatable bonds is 28. The topological polar surface area (TPSA) is 74.6 Å². The molecule has 0 amide bonds. The van der Waals surface area contributed by atoms with Crippen molar-refractivity contribution in [3.63, 3.8) is 0 Å². The fraction of sp³-hybridized carbons (Fsp3) is 0.550. The molecule has 0 radical (unpaired) electrons. The Hall–Kier alpha value is -3.14. The Morgan fingerprint density at radius 3 is 0.909 bits per heavy atom. The quantitative estimate of drug-likeness (QED) is 0.0526. The zero-order valence-corrected chi connectivity index (χ0v) is 28.1. The molecule has 0 fully saturated rings. The molecular weight excluding hydrogens is 544 g/mol. The second-order valence-electron chi connectivity index (χ2n) is 11.0. The van der Waals surface area contributed by atoms with Crippen LogP contribution in [0.3, 0.4) is 0 Å². The molecule has 4 nitrogen and oxygen atoms in total. The smallest absolute Gasteiger partial charge is 0.328 e. The van der Waals surface area contributed by atoms with Gasteiger partial charge >= 0.3 is 11.9 Å². The zero-order valence-electron chi connectivity index (χ0n) is 28.1. The summed E-state index contributed by atoms with van der Waals surface area (Å²) in [6.45, 7) is 4.52. The van der Waals surface area contributed by atoms with E-state index in [4.69, 9.17) is 10.2 Å². The summed E-state index contributed by atoms with van der Waals surface area (Å²) in [4.78, 5) is 20.4.